The number of hydrogen-bond donors (Lipinski definition) is 2. The topological polar surface area (TPSA) is 63.3 Å². The van der Waals surface area contributed by atoms with E-state index in [0.717, 1.165) is 24.8 Å². The molecule has 1 aliphatic carbocycles. The number of nitrogens with two attached hydrogens (primary N) is 1. The monoisotopic (exact) mass is 267 g/mol. The normalized spacial score (nSPS) is 28.0. The number of hydrogen-bond acceptors (Lipinski definition) is 2. The van der Waals surface area contributed by atoms with E-state index in [2.05, 4.69) is 0 Å². The van der Waals surface area contributed by atoms with Crippen molar-refractivity contribution in [1.82, 2.24) is 0 Å². The quantitative estimate of drug-likeness (QED) is 0.882. The molecule has 1 fully saturated rings. The van der Waals surface area contributed by atoms with Gasteiger partial charge in [-0.2, -0.15) is 0 Å². The van der Waals surface area contributed by atoms with E-state index in [1.165, 1.54) is 0 Å². The van der Waals surface area contributed by atoms with Crippen LogP contribution in [0, 0.1) is 5.92 Å². The van der Waals surface area contributed by atoms with Crippen LogP contribution in [0.15, 0.2) is 24.3 Å². The molecule has 1 aromatic rings. The van der Waals surface area contributed by atoms with E-state index in [1.807, 2.05) is 12.1 Å². The minimum Gasteiger partial charge on any atom is -0.396 e. The van der Waals surface area contributed by atoms with Crippen LogP contribution in [0.5, 0.6) is 0 Å². The molecule has 4 heteroatoms. The van der Waals surface area contributed by atoms with Crippen LogP contribution in [0.4, 0.5) is 0 Å². The highest BCUT2D eigenvalue weighted by Gasteiger charge is 2.46. The Bertz CT molecular complexity index is 432. The zero-order valence-electron chi connectivity index (χ0n) is 10.2. The lowest BCUT2D eigenvalue weighted by atomic mass is 9.62. The fourth-order valence-corrected chi connectivity index (χ4v) is 3.21. The highest BCUT2D eigenvalue weighted by atomic mass is 35.5. The molecule has 1 amide bonds. The Morgan fingerprint density at radius 1 is 1.39 bits per heavy atom. The van der Waals surface area contributed by atoms with Gasteiger partial charge in [-0.1, -0.05) is 36.6 Å². The lowest BCUT2D eigenvalue weighted by molar-refractivity contribution is -0.128. The number of carbonyl (C=O) groups excluding carboxylic acids is 1. The Labute approximate surface area is 112 Å². The van der Waals surface area contributed by atoms with Crippen LogP contribution in [-0.2, 0) is 10.2 Å². The zero-order valence-corrected chi connectivity index (χ0v) is 11.0. The molecule has 2 rings (SSSR count). The van der Waals surface area contributed by atoms with E-state index < -0.39 is 5.41 Å². The summed E-state index contributed by atoms with van der Waals surface area (Å²) in [6.07, 6.45) is 3.53. The van der Waals surface area contributed by atoms with Gasteiger partial charge >= 0.3 is 0 Å². The lowest BCUT2D eigenvalue weighted by Crippen LogP contribution is -2.50. The molecular formula is C14H18ClNO2. The van der Waals surface area contributed by atoms with Gasteiger partial charge in [0.1, 0.15) is 0 Å². The van der Waals surface area contributed by atoms with Crippen molar-refractivity contribution in [3.8, 4) is 0 Å². The third-order valence-corrected chi connectivity index (χ3v) is 4.34. The van der Waals surface area contributed by atoms with E-state index in [9.17, 15) is 9.90 Å². The highest BCUT2D eigenvalue weighted by Crippen LogP contribution is 2.43. The Kier molecular flexibility index (Phi) is 3.93. The van der Waals surface area contributed by atoms with E-state index in [0.29, 0.717) is 11.4 Å². The summed E-state index contributed by atoms with van der Waals surface area (Å²) in [5.74, 6) is -0.437. The number of primary amides is 1. The molecular weight excluding hydrogens is 250 g/mol. The van der Waals surface area contributed by atoms with Gasteiger partial charge in [-0.3, -0.25) is 4.79 Å². The second-order valence-corrected chi connectivity index (χ2v) is 5.40. The Morgan fingerprint density at radius 3 is 2.61 bits per heavy atom. The number of halogens is 1. The summed E-state index contributed by atoms with van der Waals surface area (Å²) in [6, 6.07) is 7.23. The third-order valence-electron chi connectivity index (χ3n) is 4.09. The molecule has 3 nitrogen and oxygen atoms in total. The first-order valence-electron chi connectivity index (χ1n) is 6.28. The molecule has 0 spiro atoms. The second kappa shape index (κ2) is 5.29. The first-order chi connectivity index (χ1) is 8.61. The zero-order chi connectivity index (χ0) is 13.2. The number of aliphatic hydroxyl groups excluding tert-OH is 1. The molecule has 2 atom stereocenters. The number of aliphatic hydroxyl groups is 1. The van der Waals surface area contributed by atoms with Crippen molar-refractivity contribution in [2.45, 2.75) is 31.1 Å². The van der Waals surface area contributed by atoms with Gasteiger partial charge in [-0.15, -0.1) is 0 Å². The summed E-state index contributed by atoms with van der Waals surface area (Å²) in [7, 11) is 0. The van der Waals surface area contributed by atoms with Crippen molar-refractivity contribution in [3.05, 3.63) is 34.9 Å². The molecule has 0 bridgehead atoms. The van der Waals surface area contributed by atoms with Crippen molar-refractivity contribution in [3.63, 3.8) is 0 Å². The van der Waals surface area contributed by atoms with Crippen molar-refractivity contribution in [1.29, 1.82) is 0 Å². The first kappa shape index (κ1) is 13.4. The highest BCUT2D eigenvalue weighted by molar-refractivity contribution is 6.30. The molecule has 18 heavy (non-hydrogen) atoms. The molecule has 98 valence electrons. The van der Waals surface area contributed by atoms with E-state index in [4.69, 9.17) is 17.3 Å². The Balaban J connectivity index is 2.48. The summed E-state index contributed by atoms with van der Waals surface area (Å²) in [6.45, 7) is -0.00837. The predicted octanol–water partition coefficient (Wildman–Crippen LogP) is 2.25. The Hall–Kier alpha value is -1.06. The average Bonchev–Trinajstić information content (AvgIpc) is 2.39. The van der Waals surface area contributed by atoms with Crippen molar-refractivity contribution in [2.24, 2.45) is 11.7 Å². The number of benzene rings is 1. The van der Waals surface area contributed by atoms with Crippen LogP contribution in [-0.4, -0.2) is 17.6 Å². The van der Waals surface area contributed by atoms with Crippen molar-refractivity contribution in [2.75, 3.05) is 6.61 Å². The maximum Gasteiger partial charge on any atom is 0.228 e. The summed E-state index contributed by atoms with van der Waals surface area (Å²) >= 11 is 5.88. The van der Waals surface area contributed by atoms with Crippen molar-refractivity contribution < 1.29 is 9.90 Å². The molecule has 1 saturated carbocycles. The fourth-order valence-electron chi connectivity index (χ4n) is 3.09. The summed E-state index contributed by atoms with van der Waals surface area (Å²) < 4.78 is 0. The number of carbonyl (C=O) groups is 1. The number of rotatable bonds is 3. The smallest absolute Gasteiger partial charge is 0.228 e. The molecule has 0 radical (unpaired) electrons. The van der Waals surface area contributed by atoms with Crippen LogP contribution < -0.4 is 5.73 Å². The van der Waals surface area contributed by atoms with Gasteiger partial charge < -0.3 is 10.8 Å². The van der Waals surface area contributed by atoms with E-state index in [1.54, 1.807) is 12.1 Å². The predicted molar refractivity (Wildman–Crippen MR) is 71.4 cm³/mol. The minimum absolute atomic E-state index is 0.00837. The largest absolute Gasteiger partial charge is 0.396 e. The van der Waals surface area contributed by atoms with E-state index in [-0.39, 0.29) is 18.4 Å². The first-order valence-corrected chi connectivity index (χ1v) is 6.66. The van der Waals surface area contributed by atoms with Crippen LogP contribution in [0.1, 0.15) is 31.2 Å². The van der Waals surface area contributed by atoms with Crippen LogP contribution in [0.3, 0.4) is 0 Å². The van der Waals surface area contributed by atoms with E-state index >= 15 is 0 Å². The Morgan fingerprint density at radius 2 is 2.06 bits per heavy atom. The maximum atomic E-state index is 12.0. The molecule has 1 aromatic carbocycles. The van der Waals surface area contributed by atoms with Gasteiger partial charge in [0, 0.05) is 17.5 Å². The summed E-state index contributed by atoms with van der Waals surface area (Å²) in [5, 5.41) is 10.2. The fraction of sp³-hybridized carbons (Fsp3) is 0.500. The van der Waals surface area contributed by atoms with Crippen LogP contribution >= 0.6 is 11.6 Å². The van der Waals surface area contributed by atoms with Gasteiger partial charge in [0.2, 0.25) is 5.91 Å². The molecule has 2 unspecified atom stereocenters. The molecule has 1 aliphatic rings. The average molecular weight is 268 g/mol. The SMILES string of the molecule is NC(=O)C1(c2ccc(Cl)cc2)CCCCC1CO. The van der Waals surface area contributed by atoms with Gasteiger partial charge in [0.15, 0.2) is 0 Å². The number of amides is 1. The minimum atomic E-state index is -0.739. The van der Waals surface area contributed by atoms with Crippen LogP contribution in [0.2, 0.25) is 5.02 Å². The van der Waals surface area contributed by atoms with Gasteiger partial charge in [-0.05, 0) is 30.5 Å². The lowest BCUT2D eigenvalue weighted by Gasteiger charge is -2.41. The molecule has 0 aromatic heterocycles. The van der Waals surface area contributed by atoms with Gasteiger partial charge in [-0.25, -0.2) is 0 Å². The maximum absolute atomic E-state index is 12.0. The standard InChI is InChI=1S/C14H18ClNO2/c15-12-6-4-10(5-7-12)14(13(16)18)8-2-1-3-11(14)9-17/h4-7,11,17H,1-3,8-9H2,(H2,16,18). The third kappa shape index (κ3) is 2.13. The molecule has 0 saturated heterocycles. The molecule has 0 aliphatic heterocycles. The van der Waals surface area contributed by atoms with Gasteiger partial charge in [0.05, 0.1) is 5.41 Å². The summed E-state index contributed by atoms with van der Waals surface area (Å²) in [5.41, 5.74) is 5.79. The molecule has 3 N–H and O–H groups in total. The van der Waals surface area contributed by atoms with Crippen LogP contribution in [0.25, 0.3) is 0 Å². The summed E-state index contributed by atoms with van der Waals surface area (Å²) in [4.78, 5) is 12.0. The van der Waals surface area contributed by atoms with Crippen molar-refractivity contribution >= 4 is 17.5 Å². The molecule has 0 heterocycles. The van der Waals surface area contributed by atoms with Gasteiger partial charge in [0.25, 0.3) is 0 Å². The second-order valence-electron chi connectivity index (χ2n) is 4.97.